The predicted molar refractivity (Wildman–Crippen MR) is 74.3 cm³/mol. The van der Waals surface area contributed by atoms with Gasteiger partial charge in [-0.05, 0) is 56.7 Å². The summed E-state index contributed by atoms with van der Waals surface area (Å²) in [5.74, 6) is 0.804. The molecule has 0 radical (unpaired) electrons. The van der Waals surface area contributed by atoms with Crippen molar-refractivity contribution in [3.05, 3.63) is 23.4 Å². The van der Waals surface area contributed by atoms with Crippen LogP contribution in [0.5, 0.6) is 0 Å². The molecular weight excluding hydrogens is 228 g/mol. The van der Waals surface area contributed by atoms with E-state index in [0.717, 1.165) is 23.1 Å². The normalized spacial score (nSPS) is 29.3. The molecule has 1 aliphatic carbocycles. The van der Waals surface area contributed by atoms with Gasteiger partial charge in [0, 0.05) is 17.0 Å². The molecule has 3 unspecified atom stereocenters. The Morgan fingerprint density at radius 2 is 2.06 bits per heavy atom. The zero-order valence-corrected chi connectivity index (χ0v) is 11.8. The van der Waals surface area contributed by atoms with E-state index >= 15 is 0 Å². The number of hydrogen-bond acceptors (Lipinski definition) is 3. The monoisotopic (exact) mass is 250 g/mol. The molecule has 2 rings (SSSR count). The van der Waals surface area contributed by atoms with Crippen LogP contribution in [-0.2, 0) is 0 Å². The third-order valence-electron chi connectivity index (χ3n) is 3.45. The Bertz CT molecular complexity index is 372. The highest BCUT2D eigenvalue weighted by Crippen LogP contribution is 2.35. The lowest BCUT2D eigenvalue weighted by atomic mass is 9.87. The molecule has 0 bridgehead atoms. The standard InChI is InChI=1S/C14H22N2S/c1-9-4-5-12(15)13(7-9)17-14-8-10(2)6-11(3)16-14/h6,8-9,12-13H,4-5,7,15H2,1-3H3. The SMILES string of the molecule is Cc1cc(C)nc(SC2CC(C)CCC2N)c1. The average molecular weight is 250 g/mol. The van der Waals surface area contributed by atoms with E-state index in [-0.39, 0.29) is 0 Å². The van der Waals surface area contributed by atoms with Crippen molar-refractivity contribution < 1.29 is 0 Å². The summed E-state index contributed by atoms with van der Waals surface area (Å²) in [4.78, 5) is 4.60. The second kappa shape index (κ2) is 5.40. The molecule has 0 amide bonds. The fraction of sp³-hybridized carbons (Fsp3) is 0.643. The van der Waals surface area contributed by atoms with Crippen LogP contribution in [-0.4, -0.2) is 16.3 Å². The van der Waals surface area contributed by atoms with Crippen molar-refractivity contribution in [3.63, 3.8) is 0 Å². The highest BCUT2D eigenvalue weighted by molar-refractivity contribution is 7.99. The van der Waals surface area contributed by atoms with Crippen molar-refractivity contribution in [3.8, 4) is 0 Å². The molecule has 0 saturated heterocycles. The molecule has 1 aliphatic rings. The molecule has 1 aromatic heterocycles. The first kappa shape index (κ1) is 12.9. The van der Waals surface area contributed by atoms with Crippen molar-refractivity contribution in [2.24, 2.45) is 11.7 Å². The molecule has 0 aromatic carbocycles. The van der Waals surface area contributed by atoms with Gasteiger partial charge in [0.25, 0.3) is 0 Å². The Labute approximate surface area is 108 Å². The third-order valence-corrected chi connectivity index (χ3v) is 4.75. The third kappa shape index (κ3) is 3.46. The van der Waals surface area contributed by atoms with Gasteiger partial charge in [0.05, 0.1) is 5.03 Å². The lowest BCUT2D eigenvalue weighted by molar-refractivity contribution is 0.357. The number of nitrogens with zero attached hydrogens (tertiary/aromatic N) is 1. The maximum atomic E-state index is 6.22. The average Bonchev–Trinajstić information content (AvgIpc) is 2.22. The summed E-state index contributed by atoms with van der Waals surface area (Å²) in [6.07, 6.45) is 3.66. The van der Waals surface area contributed by atoms with E-state index in [1.165, 1.54) is 18.4 Å². The number of aryl methyl sites for hydroxylation is 2. The minimum atomic E-state index is 0.332. The Balaban J connectivity index is 2.08. The van der Waals surface area contributed by atoms with Crippen molar-refractivity contribution in [1.29, 1.82) is 0 Å². The van der Waals surface area contributed by atoms with Gasteiger partial charge in [0.15, 0.2) is 0 Å². The Morgan fingerprint density at radius 1 is 1.29 bits per heavy atom. The van der Waals surface area contributed by atoms with E-state index in [1.54, 1.807) is 0 Å². The first-order chi connectivity index (χ1) is 8.04. The van der Waals surface area contributed by atoms with Gasteiger partial charge in [-0.1, -0.05) is 6.92 Å². The van der Waals surface area contributed by atoms with Gasteiger partial charge in [0.1, 0.15) is 0 Å². The Kier molecular flexibility index (Phi) is 4.10. The molecule has 3 heteroatoms. The zero-order valence-electron chi connectivity index (χ0n) is 10.9. The summed E-state index contributed by atoms with van der Waals surface area (Å²) in [5, 5.41) is 1.67. The second-order valence-electron chi connectivity index (χ2n) is 5.36. The maximum Gasteiger partial charge on any atom is 0.0968 e. The fourth-order valence-electron chi connectivity index (χ4n) is 2.51. The summed E-state index contributed by atoms with van der Waals surface area (Å²) in [5.41, 5.74) is 8.61. The molecule has 2 N–H and O–H groups in total. The van der Waals surface area contributed by atoms with Crippen LogP contribution in [0.4, 0.5) is 0 Å². The molecule has 17 heavy (non-hydrogen) atoms. The molecule has 1 saturated carbocycles. The Hall–Kier alpha value is -0.540. The van der Waals surface area contributed by atoms with E-state index in [4.69, 9.17) is 5.73 Å². The Morgan fingerprint density at radius 3 is 2.76 bits per heavy atom. The van der Waals surface area contributed by atoms with Crippen molar-refractivity contribution in [2.75, 3.05) is 0 Å². The second-order valence-corrected chi connectivity index (χ2v) is 6.62. The lowest BCUT2D eigenvalue weighted by Gasteiger charge is -2.31. The largest absolute Gasteiger partial charge is 0.327 e. The van der Waals surface area contributed by atoms with Gasteiger partial charge in [0.2, 0.25) is 0 Å². The van der Waals surface area contributed by atoms with Crippen molar-refractivity contribution >= 4 is 11.8 Å². The van der Waals surface area contributed by atoms with Crippen LogP contribution in [0.2, 0.25) is 0 Å². The summed E-state index contributed by atoms with van der Waals surface area (Å²) in [6, 6.07) is 4.62. The number of rotatable bonds is 2. The van der Waals surface area contributed by atoms with Crippen LogP contribution < -0.4 is 5.73 Å². The van der Waals surface area contributed by atoms with Crippen molar-refractivity contribution in [2.45, 2.75) is 56.4 Å². The summed E-state index contributed by atoms with van der Waals surface area (Å²) in [7, 11) is 0. The topological polar surface area (TPSA) is 38.9 Å². The van der Waals surface area contributed by atoms with Gasteiger partial charge in [-0.2, -0.15) is 0 Å². The van der Waals surface area contributed by atoms with E-state index < -0.39 is 0 Å². The number of hydrogen-bond donors (Lipinski definition) is 1. The number of thioether (sulfide) groups is 1. The summed E-state index contributed by atoms with van der Waals surface area (Å²) in [6.45, 7) is 6.51. The molecular formula is C14H22N2S. The van der Waals surface area contributed by atoms with Gasteiger partial charge < -0.3 is 5.73 Å². The van der Waals surface area contributed by atoms with E-state index in [0.29, 0.717) is 11.3 Å². The number of aromatic nitrogens is 1. The number of pyridine rings is 1. The summed E-state index contributed by atoms with van der Waals surface area (Å²) >= 11 is 1.87. The van der Waals surface area contributed by atoms with Gasteiger partial charge in [-0.15, -0.1) is 11.8 Å². The zero-order chi connectivity index (χ0) is 12.4. The molecule has 0 spiro atoms. The molecule has 1 fully saturated rings. The quantitative estimate of drug-likeness (QED) is 0.875. The van der Waals surface area contributed by atoms with Gasteiger partial charge >= 0.3 is 0 Å². The molecule has 1 heterocycles. The minimum absolute atomic E-state index is 0.332. The molecule has 3 atom stereocenters. The highest BCUT2D eigenvalue weighted by Gasteiger charge is 2.27. The molecule has 2 nitrogen and oxygen atoms in total. The van der Waals surface area contributed by atoms with Crippen LogP contribution in [0.3, 0.4) is 0 Å². The maximum absolute atomic E-state index is 6.22. The first-order valence-corrected chi connectivity index (χ1v) is 7.30. The van der Waals surface area contributed by atoms with Crippen LogP contribution in [0.15, 0.2) is 17.2 Å². The van der Waals surface area contributed by atoms with Crippen LogP contribution >= 0.6 is 11.8 Å². The molecule has 1 aromatic rings. The smallest absolute Gasteiger partial charge is 0.0968 e. The molecule has 94 valence electrons. The van der Waals surface area contributed by atoms with Crippen molar-refractivity contribution in [1.82, 2.24) is 4.98 Å². The van der Waals surface area contributed by atoms with Gasteiger partial charge in [-0.3, -0.25) is 0 Å². The van der Waals surface area contributed by atoms with Gasteiger partial charge in [-0.25, -0.2) is 4.98 Å². The fourth-order valence-corrected chi connectivity index (χ4v) is 4.00. The van der Waals surface area contributed by atoms with E-state index in [9.17, 15) is 0 Å². The first-order valence-electron chi connectivity index (χ1n) is 6.42. The number of nitrogens with two attached hydrogens (primary N) is 1. The van der Waals surface area contributed by atoms with E-state index in [2.05, 4.69) is 37.9 Å². The van der Waals surface area contributed by atoms with E-state index in [1.807, 2.05) is 11.8 Å². The highest BCUT2D eigenvalue weighted by atomic mass is 32.2. The summed E-state index contributed by atoms with van der Waals surface area (Å²) < 4.78 is 0. The minimum Gasteiger partial charge on any atom is -0.327 e. The molecule has 0 aliphatic heterocycles. The van der Waals surface area contributed by atoms with Crippen LogP contribution in [0.25, 0.3) is 0 Å². The lowest BCUT2D eigenvalue weighted by Crippen LogP contribution is -2.37. The van der Waals surface area contributed by atoms with Crippen LogP contribution in [0.1, 0.15) is 37.4 Å². The predicted octanol–water partition coefficient (Wildman–Crippen LogP) is 3.31. The van der Waals surface area contributed by atoms with Crippen LogP contribution in [0, 0.1) is 19.8 Å².